The zero-order chi connectivity index (χ0) is 10.5. The first-order chi connectivity index (χ1) is 7.34. The Labute approximate surface area is 93.2 Å². The Morgan fingerprint density at radius 3 is 2.87 bits per heavy atom. The van der Waals surface area contributed by atoms with E-state index in [1.165, 1.54) is 38.8 Å². The molecule has 0 bridgehead atoms. The molecule has 2 aliphatic rings. The molecule has 1 aliphatic carbocycles. The average Bonchev–Trinajstić information content (AvgIpc) is 2.87. The topological polar surface area (TPSA) is 24.5 Å². The molecule has 0 aromatic heterocycles. The summed E-state index contributed by atoms with van der Waals surface area (Å²) >= 11 is 0. The predicted octanol–water partition coefficient (Wildman–Crippen LogP) is 1.10. The molecule has 15 heavy (non-hydrogen) atoms. The standard InChI is InChI=1S/C12H24N2O/c1-14(10-11-4-5-11)7-6-13-9-12-3-2-8-15-12/h11-13H,2-10H2,1H3. The van der Waals surface area contributed by atoms with Crippen LogP contribution in [0.3, 0.4) is 0 Å². The fourth-order valence-corrected chi connectivity index (χ4v) is 2.17. The maximum Gasteiger partial charge on any atom is 0.0700 e. The van der Waals surface area contributed by atoms with Crippen molar-refractivity contribution in [1.29, 1.82) is 0 Å². The number of nitrogens with zero attached hydrogens (tertiary/aromatic N) is 1. The van der Waals surface area contributed by atoms with Crippen molar-refractivity contribution in [3.05, 3.63) is 0 Å². The minimum Gasteiger partial charge on any atom is -0.377 e. The first-order valence-electron chi connectivity index (χ1n) is 6.35. The van der Waals surface area contributed by atoms with Crippen LogP contribution in [-0.4, -0.2) is 50.8 Å². The lowest BCUT2D eigenvalue weighted by atomic mass is 10.2. The summed E-state index contributed by atoms with van der Waals surface area (Å²) in [5.41, 5.74) is 0. The highest BCUT2D eigenvalue weighted by Crippen LogP contribution is 2.29. The van der Waals surface area contributed by atoms with Crippen LogP contribution in [0.5, 0.6) is 0 Å². The first-order valence-corrected chi connectivity index (χ1v) is 6.35. The summed E-state index contributed by atoms with van der Waals surface area (Å²) in [5, 5.41) is 3.49. The molecule has 1 heterocycles. The van der Waals surface area contributed by atoms with Crippen molar-refractivity contribution in [2.24, 2.45) is 5.92 Å². The van der Waals surface area contributed by atoms with Crippen LogP contribution in [-0.2, 0) is 4.74 Å². The second-order valence-electron chi connectivity index (χ2n) is 5.04. The molecule has 1 atom stereocenters. The zero-order valence-corrected chi connectivity index (χ0v) is 9.87. The summed E-state index contributed by atoms with van der Waals surface area (Å²) in [4.78, 5) is 2.44. The van der Waals surface area contributed by atoms with E-state index in [2.05, 4.69) is 17.3 Å². The van der Waals surface area contributed by atoms with Crippen molar-refractivity contribution in [2.45, 2.75) is 31.8 Å². The fourth-order valence-electron chi connectivity index (χ4n) is 2.17. The van der Waals surface area contributed by atoms with Gasteiger partial charge in [-0.3, -0.25) is 0 Å². The Bertz CT molecular complexity index is 176. The third kappa shape index (κ3) is 4.49. The molecular formula is C12H24N2O. The summed E-state index contributed by atoms with van der Waals surface area (Å²) in [6.45, 7) is 5.57. The van der Waals surface area contributed by atoms with Crippen molar-refractivity contribution < 1.29 is 4.74 Å². The molecule has 88 valence electrons. The van der Waals surface area contributed by atoms with Crippen molar-refractivity contribution in [1.82, 2.24) is 10.2 Å². The summed E-state index contributed by atoms with van der Waals surface area (Å²) in [6, 6.07) is 0. The van der Waals surface area contributed by atoms with Gasteiger partial charge >= 0.3 is 0 Å². The van der Waals surface area contributed by atoms with Crippen molar-refractivity contribution in [3.8, 4) is 0 Å². The molecule has 1 N–H and O–H groups in total. The van der Waals surface area contributed by atoms with Crippen LogP contribution in [0.25, 0.3) is 0 Å². The minimum atomic E-state index is 0.485. The van der Waals surface area contributed by atoms with E-state index in [9.17, 15) is 0 Å². The number of hydrogen-bond donors (Lipinski definition) is 1. The molecule has 0 amide bonds. The molecule has 0 aromatic carbocycles. The summed E-state index contributed by atoms with van der Waals surface area (Å²) in [5.74, 6) is 1.01. The molecule has 2 rings (SSSR count). The van der Waals surface area contributed by atoms with Crippen LogP contribution >= 0.6 is 0 Å². The fraction of sp³-hybridized carbons (Fsp3) is 1.00. The average molecular weight is 212 g/mol. The molecule has 3 heteroatoms. The van der Waals surface area contributed by atoms with Gasteiger partial charge in [-0.2, -0.15) is 0 Å². The Balaban J connectivity index is 1.43. The number of hydrogen-bond acceptors (Lipinski definition) is 3. The monoisotopic (exact) mass is 212 g/mol. The Morgan fingerprint density at radius 1 is 1.33 bits per heavy atom. The Kier molecular flexibility index (Phi) is 4.42. The lowest BCUT2D eigenvalue weighted by Gasteiger charge is -2.17. The molecule has 2 fully saturated rings. The maximum absolute atomic E-state index is 5.56. The van der Waals surface area contributed by atoms with Crippen LogP contribution in [0.15, 0.2) is 0 Å². The molecule has 1 unspecified atom stereocenters. The van der Waals surface area contributed by atoms with E-state index in [-0.39, 0.29) is 0 Å². The van der Waals surface area contributed by atoms with Crippen molar-refractivity contribution >= 4 is 0 Å². The Hall–Kier alpha value is -0.120. The summed E-state index contributed by atoms with van der Waals surface area (Å²) < 4.78 is 5.56. The number of ether oxygens (including phenoxy) is 1. The van der Waals surface area contributed by atoms with E-state index in [1.54, 1.807) is 0 Å². The quantitative estimate of drug-likeness (QED) is 0.640. The largest absolute Gasteiger partial charge is 0.377 e. The highest BCUT2D eigenvalue weighted by molar-refractivity contribution is 4.76. The van der Waals surface area contributed by atoms with Gasteiger partial charge in [0.2, 0.25) is 0 Å². The second kappa shape index (κ2) is 5.83. The van der Waals surface area contributed by atoms with Gasteiger partial charge in [0, 0.05) is 32.8 Å². The van der Waals surface area contributed by atoms with Crippen molar-refractivity contribution in [2.75, 3.05) is 39.8 Å². The molecule has 0 aromatic rings. The molecular weight excluding hydrogens is 188 g/mol. The van der Waals surface area contributed by atoms with E-state index in [1.807, 2.05) is 0 Å². The molecule has 1 aliphatic heterocycles. The lowest BCUT2D eigenvalue weighted by Crippen LogP contribution is -2.34. The summed E-state index contributed by atoms with van der Waals surface area (Å²) in [6.07, 6.45) is 5.87. The van der Waals surface area contributed by atoms with Crippen LogP contribution in [0.1, 0.15) is 25.7 Å². The number of likely N-dealkylation sites (N-methyl/N-ethyl adjacent to an activating group) is 1. The smallest absolute Gasteiger partial charge is 0.0700 e. The van der Waals surface area contributed by atoms with Gasteiger partial charge in [0.15, 0.2) is 0 Å². The van der Waals surface area contributed by atoms with Crippen LogP contribution in [0, 0.1) is 5.92 Å². The third-order valence-electron chi connectivity index (χ3n) is 3.33. The van der Waals surface area contributed by atoms with E-state index < -0.39 is 0 Å². The number of nitrogens with one attached hydrogen (secondary N) is 1. The molecule has 1 saturated carbocycles. The van der Waals surface area contributed by atoms with Gasteiger partial charge in [-0.15, -0.1) is 0 Å². The van der Waals surface area contributed by atoms with Gasteiger partial charge in [-0.25, -0.2) is 0 Å². The van der Waals surface area contributed by atoms with Gasteiger partial charge in [0.1, 0.15) is 0 Å². The second-order valence-corrected chi connectivity index (χ2v) is 5.04. The zero-order valence-electron chi connectivity index (χ0n) is 9.87. The predicted molar refractivity (Wildman–Crippen MR) is 62.1 cm³/mol. The van der Waals surface area contributed by atoms with E-state index in [0.29, 0.717) is 6.10 Å². The normalized spacial score (nSPS) is 26.4. The lowest BCUT2D eigenvalue weighted by molar-refractivity contribution is 0.109. The molecule has 1 saturated heterocycles. The van der Waals surface area contributed by atoms with Crippen LogP contribution in [0.4, 0.5) is 0 Å². The molecule has 0 radical (unpaired) electrons. The SMILES string of the molecule is CN(CCNCC1CCCO1)CC1CC1. The Morgan fingerprint density at radius 2 is 2.20 bits per heavy atom. The molecule has 3 nitrogen and oxygen atoms in total. The highest BCUT2D eigenvalue weighted by Gasteiger charge is 2.22. The van der Waals surface area contributed by atoms with E-state index >= 15 is 0 Å². The van der Waals surface area contributed by atoms with E-state index in [4.69, 9.17) is 4.74 Å². The van der Waals surface area contributed by atoms with Crippen LogP contribution in [0.2, 0.25) is 0 Å². The minimum absolute atomic E-state index is 0.485. The van der Waals surface area contributed by atoms with Gasteiger partial charge in [0.05, 0.1) is 6.10 Å². The third-order valence-corrected chi connectivity index (χ3v) is 3.33. The summed E-state index contributed by atoms with van der Waals surface area (Å²) in [7, 11) is 2.23. The van der Waals surface area contributed by atoms with Gasteiger partial charge in [0.25, 0.3) is 0 Å². The first kappa shape index (κ1) is 11.4. The molecule has 0 spiro atoms. The number of rotatable bonds is 7. The van der Waals surface area contributed by atoms with Crippen molar-refractivity contribution in [3.63, 3.8) is 0 Å². The van der Waals surface area contributed by atoms with Gasteiger partial charge in [-0.05, 0) is 38.6 Å². The van der Waals surface area contributed by atoms with Gasteiger partial charge < -0.3 is 15.0 Å². The van der Waals surface area contributed by atoms with Crippen LogP contribution < -0.4 is 5.32 Å². The highest BCUT2D eigenvalue weighted by atomic mass is 16.5. The van der Waals surface area contributed by atoms with E-state index in [0.717, 1.165) is 25.6 Å². The maximum atomic E-state index is 5.56. The van der Waals surface area contributed by atoms with Gasteiger partial charge in [-0.1, -0.05) is 0 Å².